The van der Waals surface area contributed by atoms with E-state index in [0.717, 1.165) is 24.5 Å². The molecule has 21 heavy (non-hydrogen) atoms. The minimum atomic E-state index is -0.270. The highest BCUT2D eigenvalue weighted by Crippen LogP contribution is 2.32. The molecule has 1 fully saturated rings. The van der Waals surface area contributed by atoms with Crippen molar-refractivity contribution in [1.82, 2.24) is 4.90 Å². The Labute approximate surface area is 123 Å². The molecule has 2 heterocycles. The van der Waals surface area contributed by atoms with Gasteiger partial charge in [0, 0.05) is 33.2 Å². The third-order valence-electron chi connectivity index (χ3n) is 4.08. The molecule has 0 spiro atoms. The zero-order chi connectivity index (χ0) is 14.8. The Kier molecular flexibility index (Phi) is 3.96. The molecule has 114 valence electrons. The lowest BCUT2D eigenvalue weighted by molar-refractivity contribution is -0.133. The van der Waals surface area contributed by atoms with Gasteiger partial charge < -0.3 is 19.4 Å². The maximum Gasteiger partial charge on any atom is 0.242 e. The molecule has 2 aliphatic rings. The summed E-state index contributed by atoms with van der Waals surface area (Å²) < 4.78 is 18.8. The third-order valence-corrected chi connectivity index (χ3v) is 4.08. The van der Waals surface area contributed by atoms with Gasteiger partial charge in [0.25, 0.3) is 0 Å². The van der Waals surface area contributed by atoms with Crippen LogP contribution in [0, 0.1) is 5.82 Å². The van der Waals surface area contributed by atoms with Crippen molar-refractivity contribution in [2.45, 2.75) is 0 Å². The largest absolute Gasteiger partial charge is 0.378 e. The number of ether oxygens (including phenoxy) is 1. The van der Waals surface area contributed by atoms with Crippen molar-refractivity contribution in [1.29, 1.82) is 0 Å². The second-order valence-electron chi connectivity index (χ2n) is 5.47. The van der Waals surface area contributed by atoms with Gasteiger partial charge in [-0.15, -0.1) is 0 Å². The Bertz CT molecular complexity index is 532. The Hall–Kier alpha value is -1.82. The lowest BCUT2D eigenvalue weighted by atomic mass is 10.1. The number of benzene rings is 1. The van der Waals surface area contributed by atoms with E-state index >= 15 is 0 Å². The van der Waals surface area contributed by atoms with E-state index in [4.69, 9.17) is 4.74 Å². The molecule has 0 saturated carbocycles. The standard InChI is InChI=1S/C15H20FN3O2/c1-17-4-5-19(14-10-12(16)2-3-13(14)17)11-15(20)18-6-8-21-9-7-18/h2-3,10H,4-9,11H2,1H3. The molecule has 0 unspecified atom stereocenters. The van der Waals surface area contributed by atoms with Crippen LogP contribution in [0.15, 0.2) is 18.2 Å². The number of anilines is 2. The van der Waals surface area contributed by atoms with Gasteiger partial charge in [-0.2, -0.15) is 0 Å². The molecule has 0 aromatic heterocycles. The van der Waals surface area contributed by atoms with Gasteiger partial charge in [0.2, 0.25) is 5.91 Å². The summed E-state index contributed by atoms with van der Waals surface area (Å²) in [6, 6.07) is 4.75. The zero-order valence-electron chi connectivity index (χ0n) is 12.2. The SMILES string of the molecule is CN1CCN(CC(=O)N2CCOCC2)c2cc(F)ccc21. The van der Waals surface area contributed by atoms with Gasteiger partial charge in [0.15, 0.2) is 0 Å². The first kappa shape index (κ1) is 14.1. The van der Waals surface area contributed by atoms with Crippen LogP contribution in [0.5, 0.6) is 0 Å². The number of carbonyl (C=O) groups excluding carboxylic acids is 1. The van der Waals surface area contributed by atoms with Gasteiger partial charge >= 0.3 is 0 Å². The van der Waals surface area contributed by atoms with Crippen molar-refractivity contribution in [2.24, 2.45) is 0 Å². The van der Waals surface area contributed by atoms with Crippen LogP contribution >= 0.6 is 0 Å². The van der Waals surface area contributed by atoms with Crippen molar-refractivity contribution in [2.75, 3.05) is 62.8 Å². The summed E-state index contributed by atoms with van der Waals surface area (Å²) in [7, 11) is 1.98. The fourth-order valence-corrected chi connectivity index (χ4v) is 2.82. The number of hydrogen-bond donors (Lipinski definition) is 0. The number of fused-ring (bicyclic) bond motifs is 1. The van der Waals surface area contributed by atoms with Gasteiger partial charge in [-0.3, -0.25) is 4.79 Å². The van der Waals surface area contributed by atoms with Gasteiger partial charge in [0.1, 0.15) is 5.82 Å². The van der Waals surface area contributed by atoms with Crippen LogP contribution in [-0.4, -0.2) is 63.8 Å². The number of hydrogen-bond acceptors (Lipinski definition) is 4. The van der Waals surface area contributed by atoms with E-state index in [-0.39, 0.29) is 11.7 Å². The quantitative estimate of drug-likeness (QED) is 0.813. The van der Waals surface area contributed by atoms with E-state index in [1.807, 2.05) is 16.8 Å². The highest BCUT2D eigenvalue weighted by atomic mass is 19.1. The predicted octanol–water partition coefficient (Wildman–Crippen LogP) is 0.941. The van der Waals surface area contributed by atoms with E-state index in [2.05, 4.69) is 4.90 Å². The van der Waals surface area contributed by atoms with Gasteiger partial charge in [0.05, 0.1) is 31.1 Å². The van der Waals surface area contributed by atoms with E-state index in [9.17, 15) is 9.18 Å². The molecule has 6 heteroatoms. The topological polar surface area (TPSA) is 36.0 Å². The summed E-state index contributed by atoms with van der Waals surface area (Å²) in [5.41, 5.74) is 1.77. The first-order valence-corrected chi connectivity index (χ1v) is 7.26. The molecule has 5 nitrogen and oxygen atoms in total. The molecule has 1 saturated heterocycles. The lowest BCUT2D eigenvalue weighted by Gasteiger charge is -2.38. The molecule has 1 amide bonds. The van der Waals surface area contributed by atoms with Crippen LogP contribution in [0.25, 0.3) is 0 Å². The molecule has 0 atom stereocenters. The number of likely N-dealkylation sites (N-methyl/N-ethyl adjacent to an activating group) is 1. The Morgan fingerprint density at radius 2 is 1.95 bits per heavy atom. The first-order valence-electron chi connectivity index (χ1n) is 7.26. The van der Waals surface area contributed by atoms with E-state index < -0.39 is 0 Å². The number of nitrogens with zero attached hydrogens (tertiary/aromatic N) is 3. The Morgan fingerprint density at radius 3 is 2.71 bits per heavy atom. The number of halogens is 1. The minimum absolute atomic E-state index is 0.0815. The van der Waals surface area contributed by atoms with Gasteiger partial charge in [-0.05, 0) is 18.2 Å². The molecule has 0 bridgehead atoms. The van der Waals surface area contributed by atoms with Crippen LogP contribution in [0.4, 0.5) is 15.8 Å². The minimum Gasteiger partial charge on any atom is -0.378 e. The van der Waals surface area contributed by atoms with E-state index in [1.54, 1.807) is 6.07 Å². The average Bonchev–Trinajstić information content (AvgIpc) is 2.51. The van der Waals surface area contributed by atoms with Crippen molar-refractivity contribution in [3.8, 4) is 0 Å². The fraction of sp³-hybridized carbons (Fsp3) is 0.533. The second kappa shape index (κ2) is 5.89. The third kappa shape index (κ3) is 2.95. The number of rotatable bonds is 2. The molecule has 1 aromatic rings. The highest BCUT2D eigenvalue weighted by molar-refractivity contribution is 5.84. The van der Waals surface area contributed by atoms with Gasteiger partial charge in [-0.25, -0.2) is 4.39 Å². The molecule has 0 radical (unpaired) electrons. The molecular formula is C15H20FN3O2. The van der Waals surface area contributed by atoms with Crippen LogP contribution in [-0.2, 0) is 9.53 Å². The average molecular weight is 293 g/mol. The Morgan fingerprint density at radius 1 is 1.19 bits per heavy atom. The number of amides is 1. The van der Waals surface area contributed by atoms with Crippen molar-refractivity contribution in [3.63, 3.8) is 0 Å². The van der Waals surface area contributed by atoms with Crippen LogP contribution in [0.3, 0.4) is 0 Å². The van der Waals surface area contributed by atoms with Crippen LogP contribution in [0.1, 0.15) is 0 Å². The molecule has 1 aromatic carbocycles. The summed E-state index contributed by atoms with van der Waals surface area (Å²) in [5.74, 6) is -0.189. The maximum absolute atomic E-state index is 13.5. The maximum atomic E-state index is 13.5. The summed E-state index contributed by atoms with van der Waals surface area (Å²) in [6.45, 7) is 4.33. The smallest absolute Gasteiger partial charge is 0.242 e. The monoisotopic (exact) mass is 293 g/mol. The Balaban J connectivity index is 1.76. The predicted molar refractivity (Wildman–Crippen MR) is 79.3 cm³/mol. The summed E-state index contributed by atoms with van der Waals surface area (Å²) in [6.07, 6.45) is 0. The normalized spacial score (nSPS) is 18.7. The number of carbonyl (C=O) groups is 1. The summed E-state index contributed by atoms with van der Waals surface area (Å²) >= 11 is 0. The molecule has 2 aliphatic heterocycles. The van der Waals surface area contributed by atoms with Crippen molar-refractivity contribution in [3.05, 3.63) is 24.0 Å². The van der Waals surface area contributed by atoms with Gasteiger partial charge in [-0.1, -0.05) is 0 Å². The van der Waals surface area contributed by atoms with Crippen molar-refractivity contribution < 1.29 is 13.9 Å². The fourth-order valence-electron chi connectivity index (χ4n) is 2.82. The number of morpholine rings is 1. The molecular weight excluding hydrogens is 273 g/mol. The molecule has 3 rings (SSSR count). The highest BCUT2D eigenvalue weighted by Gasteiger charge is 2.25. The van der Waals surface area contributed by atoms with Crippen LogP contribution in [0.2, 0.25) is 0 Å². The lowest BCUT2D eigenvalue weighted by Crippen LogP contribution is -2.48. The summed E-state index contributed by atoms with van der Waals surface area (Å²) in [5, 5.41) is 0. The van der Waals surface area contributed by atoms with Crippen LogP contribution < -0.4 is 9.80 Å². The molecule has 0 N–H and O–H groups in total. The zero-order valence-corrected chi connectivity index (χ0v) is 12.2. The van der Waals surface area contributed by atoms with Crippen molar-refractivity contribution >= 4 is 17.3 Å². The van der Waals surface area contributed by atoms with E-state index in [1.165, 1.54) is 12.1 Å². The van der Waals surface area contributed by atoms with E-state index in [0.29, 0.717) is 32.8 Å². The molecule has 0 aliphatic carbocycles. The summed E-state index contributed by atoms with van der Waals surface area (Å²) in [4.78, 5) is 18.2. The first-order chi connectivity index (χ1) is 10.1. The second-order valence-corrected chi connectivity index (χ2v) is 5.47.